The standard InChI is InChI=1S/C14H23NOS/c1-3-15-13(12-8-7-11-17-12)14(16-2)9-5-4-6-10-14/h7-8,11,13,15H,3-6,9-10H2,1-2H3. The largest absolute Gasteiger partial charge is 0.376 e. The van der Waals surface area contributed by atoms with E-state index >= 15 is 0 Å². The van der Waals surface area contributed by atoms with Crippen molar-refractivity contribution in [3.63, 3.8) is 0 Å². The molecule has 1 atom stereocenters. The van der Waals surface area contributed by atoms with Crippen molar-refractivity contribution >= 4 is 11.3 Å². The van der Waals surface area contributed by atoms with Crippen LogP contribution in [0.4, 0.5) is 0 Å². The lowest BCUT2D eigenvalue weighted by molar-refractivity contribution is -0.0676. The van der Waals surface area contributed by atoms with Gasteiger partial charge in [0.25, 0.3) is 0 Å². The predicted molar refractivity (Wildman–Crippen MR) is 73.6 cm³/mol. The molecular weight excluding hydrogens is 230 g/mol. The molecule has 1 unspecified atom stereocenters. The maximum Gasteiger partial charge on any atom is 0.0880 e. The lowest BCUT2D eigenvalue weighted by atomic mass is 9.78. The molecule has 1 N–H and O–H groups in total. The van der Waals surface area contributed by atoms with Crippen molar-refractivity contribution in [2.24, 2.45) is 0 Å². The molecule has 0 spiro atoms. The maximum absolute atomic E-state index is 5.96. The highest BCUT2D eigenvalue weighted by Gasteiger charge is 2.40. The van der Waals surface area contributed by atoms with Crippen molar-refractivity contribution in [1.82, 2.24) is 5.32 Å². The molecule has 1 saturated carbocycles. The Labute approximate surface area is 108 Å². The summed E-state index contributed by atoms with van der Waals surface area (Å²) >= 11 is 1.84. The fourth-order valence-corrected chi connectivity index (χ4v) is 3.87. The smallest absolute Gasteiger partial charge is 0.0880 e. The fourth-order valence-electron chi connectivity index (χ4n) is 2.97. The molecule has 1 aliphatic rings. The number of thiophene rings is 1. The van der Waals surface area contributed by atoms with E-state index in [0.29, 0.717) is 6.04 Å². The molecule has 1 heterocycles. The van der Waals surface area contributed by atoms with Gasteiger partial charge in [-0.1, -0.05) is 32.3 Å². The molecule has 0 saturated heterocycles. The Balaban J connectivity index is 2.23. The summed E-state index contributed by atoms with van der Waals surface area (Å²) in [4.78, 5) is 1.41. The van der Waals surface area contributed by atoms with Crippen LogP contribution < -0.4 is 5.32 Å². The van der Waals surface area contributed by atoms with Crippen molar-refractivity contribution in [3.8, 4) is 0 Å². The second-order valence-corrected chi connectivity index (χ2v) is 5.81. The third-order valence-corrected chi connectivity index (χ3v) is 4.81. The minimum absolute atomic E-state index is 0.0130. The molecule has 0 radical (unpaired) electrons. The van der Waals surface area contributed by atoms with Crippen LogP contribution in [0.3, 0.4) is 0 Å². The Hall–Kier alpha value is -0.380. The van der Waals surface area contributed by atoms with Crippen molar-refractivity contribution in [3.05, 3.63) is 22.4 Å². The second-order valence-electron chi connectivity index (χ2n) is 4.84. The molecule has 3 heteroatoms. The Bertz CT molecular complexity index is 317. The molecular formula is C14H23NOS. The topological polar surface area (TPSA) is 21.3 Å². The van der Waals surface area contributed by atoms with Crippen LogP contribution in [0, 0.1) is 0 Å². The first-order valence-corrected chi connectivity index (χ1v) is 7.52. The third kappa shape index (κ3) is 2.72. The second kappa shape index (κ2) is 5.98. The summed E-state index contributed by atoms with van der Waals surface area (Å²) in [6.45, 7) is 3.17. The van der Waals surface area contributed by atoms with Gasteiger partial charge in [0.05, 0.1) is 11.6 Å². The number of hydrogen-bond acceptors (Lipinski definition) is 3. The van der Waals surface area contributed by atoms with Gasteiger partial charge in [0.15, 0.2) is 0 Å². The highest BCUT2D eigenvalue weighted by molar-refractivity contribution is 7.10. The molecule has 0 amide bonds. The SMILES string of the molecule is CCNC(c1cccs1)C1(OC)CCCCC1. The van der Waals surface area contributed by atoms with Gasteiger partial charge in [-0.2, -0.15) is 0 Å². The molecule has 17 heavy (non-hydrogen) atoms. The first kappa shape index (κ1) is 13.1. The number of ether oxygens (including phenoxy) is 1. The zero-order chi connectivity index (χ0) is 12.1. The first-order valence-electron chi connectivity index (χ1n) is 6.64. The molecule has 1 aliphatic carbocycles. The summed E-state index contributed by atoms with van der Waals surface area (Å²) in [5.41, 5.74) is 0.0130. The van der Waals surface area contributed by atoms with Crippen LogP contribution in [-0.4, -0.2) is 19.3 Å². The maximum atomic E-state index is 5.96. The molecule has 1 fully saturated rings. The number of likely N-dealkylation sites (N-methyl/N-ethyl adjacent to an activating group) is 1. The van der Waals surface area contributed by atoms with E-state index in [2.05, 4.69) is 29.8 Å². The van der Waals surface area contributed by atoms with Gasteiger partial charge in [-0.15, -0.1) is 11.3 Å². The summed E-state index contributed by atoms with van der Waals surface area (Å²) in [5, 5.41) is 5.79. The first-order chi connectivity index (χ1) is 8.32. The van der Waals surface area contributed by atoms with Gasteiger partial charge in [-0.05, 0) is 30.8 Å². The van der Waals surface area contributed by atoms with Crippen LogP contribution >= 0.6 is 11.3 Å². The van der Waals surface area contributed by atoms with Crippen LogP contribution in [0.25, 0.3) is 0 Å². The van der Waals surface area contributed by atoms with Crippen molar-refractivity contribution in [2.75, 3.05) is 13.7 Å². The van der Waals surface area contributed by atoms with Crippen LogP contribution in [0.2, 0.25) is 0 Å². The van der Waals surface area contributed by atoms with E-state index in [1.165, 1.54) is 37.0 Å². The molecule has 1 aromatic rings. The summed E-state index contributed by atoms with van der Waals surface area (Å²) < 4.78 is 5.96. The van der Waals surface area contributed by atoms with Crippen molar-refractivity contribution < 1.29 is 4.74 Å². The zero-order valence-electron chi connectivity index (χ0n) is 10.9. The van der Waals surface area contributed by atoms with Crippen LogP contribution in [-0.2, 0) is 4.74 Å². The molecule has 1 aromatic heterocycles. The summed E-state index contributed by atoms with van der Waals surface area (Å²) in [6, 6.07) is 4.72. The quantitative estimate of drug-likeness (QED) is 0.863. The van der Waals surface area contributed by atoms with Gasteiger partial charge in [0, 0.05) is 12.0 Å². The van der Waals surface area contributed by atoms with Gasteiger partial charge in [0.1, 0.15) is 0 Å². The minimum atomic E-state index is 0.0130. The summed E-state index contributed by atoms with van der Waals surface area (Å²) in [5.74, 6) is 0. The highest BCUT2D eigenvalue weighted by Crippen LogP contribution is 2.42. The Kier molecular flexibility index (Phi) is 4.60. The van der Waals surface area contributed by atoms with Gasteiger partial charge in [-0.3, -0.25) is 0 Å². The molecule has 0 aromatic carbocycles. The van der Waals surface area contributed by atoms with E-state index < -0.39 is 0 Å². The molecule has 0 bridgehead atoms. The van der Waals surface area contributed by atoms with Gasteiger partial charge >= 0.3 is 0 Å². The predicted octanol–water partition coefficient (Wildman–Crippen LogP) is 3.75. The van der Waals surface area contributed by atoms with E-state index in [0.717, 1.165) is 6.54 Å². The lowest BCUT2D eigenvalue weighted by Gasteiger charge is -2.42. The third-order valence-electron chi connectivity index (χ3n) is 3.87. The minimum Gasteiger partial charge on any atom is -0.376 e. The Morgan fingerprint density at radius 3 is 2.71 bits per heavy atom. The highest BCUT2D eigenvalue weighted by atomic mass is 32.1. The van der Waals surface area contributed by atoms with Crippen molar-refractivity contribution in [2.45, 2.75) is 50.7 Å². The Morgan fingerprint density at radius 2 is 2.18 bits per heavy atom. The van der Waals surface area contributed by atoms with E-state index in [4.69, 9.17) is 4.74 Å². The van der Waals surface area contributed by atoms with Gasteiger partial charge in [-0.25, -0.2) is 0 Å². The molecule has 0 aliphatic heterocycles. The van der Waals surface area contributed by atoms with Crippen LogP contribution in [0.1, 0.15) is 49.9 Å². The lowest BCUT2D eigenvalue weighted by Crippen LogP contribution is -2.46. The van der Waals surface area contributed by atoms with E-state index in [1.54, 1.807) is 0 Å². The number of hydrogen-bond donors (Lipinski definition) is 1. The average molecular weight is 253 g/mol. The van der Waals surface area contributed by atoms with E-state index in [1.807, 2.05) is 18.4 Å². The number of rotatable bonds is 5. The summed E-state index contributed by atoms with van der Waals surface area (Å²) in [6.07, 6.45) is 6.30. The normalized spacial score (nSPS) is 21.3. The number of methoxy groups -OCH3 is 1. The Morgan fingerprint density at radius 1 is 1.41 bits per heavy atom. The molecule has 2 rings (SSSR count). The van der Waals surface area contributed by atoms with Crippen LogP contribution in [0.15, 0.2) is 17.5 Å². The molecule has 96 valence electrons. The molecule has 2 nitrogen and oxygen atoms in total. The fraction of sp³-hybridized carbons (Fsp3) is 0.714. The van der Waals surface area contributed by atoms with E-state index in [9.17, 15) is 0 Å². The van der Waals surface area contributed by atoms with E-state index in [-0.39, 0.29) is 5.60 Å². The monoisotopic (exact) mass is 253 g/mol. The van der Waals surface area contributed by atoms with Gasteiger partial charge in [0.2, 0.25) is 0 Å². The van der Waals surface area contributed by atoms with Gasteiger partial charge < -0.3 is 10.1 Å². The zero-order valence-corrected chi connectivity index (χ0v) is 11.7. The van der Waals surface area contributed by atoms with Crippen LogP contribution in [0.5, 0.6) is 0 Å². The van der Waals surface area contributed by atoms with Crippen molar-refractivity contribution in [1.29, 1.82) is 0 Å². The number of nitrogens with one attached hydrogen (secondary N) is 1. The summed E-state index contributed by atoms with van der Waals surface area (Å²) in [7, 11) is 1.88. The average Bonchev–Trinajstić information content (AvgIpc) is 2.90.